The van der Waals surface area contributed by atoms with Gasteiger partial charge in [-0.1, -0.05) is 6.07 Å². The molecule has 3 rings (SSSR count). The summed E-state index contributed by atoms with van der Waals surface area (Å²) >= 11 is 0. The molecule has 1 aromatic carbocycles. The zero-order chi connectivity index (χ0) is 18.0. The molecule has 0 aliphatic carbocycles. The van der Waals surface area contributed by atoms with E-state index in [1.165, 1.54) is 12.1 Å². The lowest BCUT2D eigenvalue weighted by atomic mass is 10.00. The van der Waals surface area contributed by atoms with Crippen molar-refractivity contribution in [1.82, 2.24) is 20.4 Å². The Hall–Kier alpha value is -2.06. The standard InChI is InChI=1S/C17H19F3N4O.ClH/c1-11-9-13(5-7-21-11)23-16(25)12-3-2-4-14(10-12)24-15(6-8-22-24)17(18,19)20;/h2-4,6,8,10-11,13,21H,5,7,9H2,1H3,(H,23,25);1H. The van der Waals surface area contributed by atoms with E-state index in [2.05, 4.69) is 22.7 Å². The molecule has 9 heteroatoms. The Bertz CT molecular complexity index is 762. The van der Waals surface area contributed by atoms with Crippen molar-refractivity contribution >= 4 is 18.3 Å². The summed E-state index contributed by atoms with van der Waals surface area (Å²) in [5.41, 5.74) is -0.367. The van der Waals surface area contributed by atoms with Crippen molar-refractivity contribution in [2.75, 3.05) is 6.54 Å². The Morgan fingerprint density at radius 2 is 2.12 bits per heavy atom. The van der Waals surface area contributed by atoms with Gasteiger partial charge in [-0.2, -0.15) is 18.3 Å². The Morgan fingerprint density at radius 1 is 1.35 bits per heavy atom. The van der Waals surface area contributed by atoms with Crippen LogP contribution in [0.5, 0.6) is 0 Å². The number of nitrogens with one attached hydrogen (secondary N) is 2. The van der Waals surface area contributed by atoms with E-state index in [0.29, 0.717) is 11.6 Å². The Balaban J connectivity index is 0.00000243. The van der Waals surface area contributed by atoms with Crippen molar-refractivity contribution in [3.05, 3.63) is 47.8 Å². The first-order valence-electron chi connectivity index (χ1n) is 8.10. The molecule has 1 aliphatic heterocycles. The number of carbonyl (C=O) groups is 1. The number of benzene rings is 1. The molecule has 2 N–H and O–H groups in total. The van der Waals surface area contributed by atoms with Gasteiger partial charge < -0.3 is 10.6 Å². The highest BCUT2D eigenvalue weighted by molar-refractivity contribution is 5.94. The van der Waals surface area contributed by atoms with Crippen LogP contribution >= 0.6 is 12.4 Å². The first kappa shape index (κ1) is 20.3. The minimum atomic E-state index is -4.51. The molecule has 1 aromatic heterocycles. The zero-order valence-electron chi connectivity index (χ0n) is 14.1. The quantitative estimate of drug-likeness (QED) is 0.849. The van der Waals surface area contributed by atoms with Gasteiger partial charge in [0.05, 0.1) is 11.9 Å². The van der Waals surface area contributed by atoms with Gasteiger partial charge in [-0.15, -0.1) is 12.4 Å². The molecule has 1 fully saturated rings. The fourth-order valence-corrected chi connectivity index (χ4v) is 3.03. The molecule has 2 atom stereocenters. The van der Waals surface area contributed by atoms with Gasteiger partial charge in [-0.25, -0.2) is 4.68 Å². The smallest absolute Gasteiger partial charge is 0.349 e. The van der Waals surface area contributed by atoms with E-state index in [-0.39, 0.29) is 30.0 Å². The summed E-state index contributed by atoms with van der Waals surface area (Å²) < 4.78 is 39.9. The third-order valence-electron chi connectivity index (χ3n) is 4.24. The third kappa shape index (κ3) is 4.56. The van der Waals surface area contributed by atoms with Gasteiger partial charge in [0.1, 0.15) is 5.69 Å². The SMILES string of the molecule is CC1CC(NC(=O)c2cccc(-n3nccc3C(F)(F)F)c2)CCN1.Cl. The lowest BCUT2D eigenvalue weighted by Gasteiger charge is -2.28. The number of nitrogens with zero attached hydrogens (tertiary/aromatic N) is 2. The molecule has 2 aromatic rings. The van der Waals surface area contributed by atoms with Gasteiger partial charge in [-0.3, -0.25) is 4.79 Å². The van der Waals surface area contributed by atoms with Gasteiger partial charge in [0.25, 0.3) is 5.91 Å². The van der Waals surface area contributed by atoms with Crippen LogP contribution in [-0.2, 0) is 6.18 Å². The van der Waals surface area contributed by atoms with Crippen molar-refractivity contribution in [1.29, 1.82) is 0 Å². The topological polar surface area (TPSA) is 59.0 Å². The van der Waals surface area contributed by atoms with Crippen LogP contribution in [0.15, 0.2) is 36.5 Å². The van der Waals surface area contributed by atoms with Crippen molar-refractivity contribution in [2.45, 2.75) is 38.0 Å². The van der Waals surface area contributed by atoms with E-state index in [1.807, 2.05) is 0 Å². The van der Waals surface area contributed by atoms with Gasteiger partial charge in [0, 0.05) is 17.6 Å². The Labute approximate surface area is 155 Å². The van der Waals surface area contributed by atoms with Crippen LogP contribution in [0.1, 0.15) is 35.8 Å². The van der Waals surface area contributed by atoms with Crippen LogP contribution < -0.4 is 10.6 Å². The van der Waals surface area contributed by atoms with E-state index < -0.39 is 11.9 Å². The summed E-state index contributed by atoms with van der Waals surface area (Å²) in [6.45, 7) is 2.88. The average Bonchev–Trinajstić information content (AvgIpc) is 3.05. The summed E-state index contributed by atoms with van der Waals surface area (Å²) in [7, 11) is 0. The van der Waals surface area contributed by atoms with E-state index >= 15 is 0 Å². The zero-order valence-corrected chi connectivity index (χ0v) is 14.9. The fourth-order valence-electron chi connectivity index (χ4n) is 3.03. The molecule has 0 bridgehead atoms. The van der Waals surface area contributed by atoms with E-state index in [9.17, 15) is 18.0 Å². The second kappa shape index (κ2) is 8.09. The number of halogens is 4. The average molecular weight is 389 g/mol. The number of hydrogen-bond acceptors (Lipinski definition) is 3. The van der Waals surface area contributed by atoms with Crippen molar-refractivity contribution < 1.29 is 18.0 Å². The molecule has 1 aliphatic rings. The minimum Gasteiger partial charge on any atom is -0.349 e. The molecule has 26 heavy (non-hydrogen) atoms. The molecule has 5 nitrogen and oxygen atoms in total. The van der Waals surface area contributed by atoms with E-state index in [1.54, 1.807) is 12.1 Å². The summed E-state index contributed by atoms with van der Waals surface area (Å²) in [4.78, 5) is 12.4. The van der Waals surface area contributed by atoms with Crippen molar-refractivity contribution in [2.24, 2.45) is 0 Å². The number of rotatable bonds is 3. The second-order valence-electron chi connectivity index (χ2n) is 6.23. The number of amides is 1. The van der Waals surface area contributed by atoms with Crippen molar-refractivity contribution in [3.63, 3.8) is 0 Å². The van der Waals surface area contributed by atoms with Crippen molar-refractivity contribution in [3.8, 4) is 5.69 Å². The molecular formula is C17H20ClF3N4O. The lowest BCUT2D eigenvalue weighted by Crippen LogP contribution is -2.46. The predicted molar refractivity (Wildman–Crippen MR) is 93.8 cm³/mol. The minimum absolute atomic E-state index is 0. The molecule has 1 saturated heterocycles. The molecule has 142 valence electrons. The summed E-state index contributed by atoms with van der Waals surface area (Å²) in [6, 6.07) is 7.33. The highest BCUT2D eigenvalue weighted by Crippen LogP contribution is 2.30. The summed E-state index contributed by atoms with van der Waals surface area (Å²) in [6.07, 6.45) is -1.78. The Morgan fingerprint density at radius 3 is 2.81 bits per heavy atom. The number of carbonyl (C=O) groups excluding carboxylic acids is 1. The number of alkyl halides is 3. The van der Waals surface area contributed by atoms with Gasteiger partial charge >= 0.3 is 6.18 Å². The van der Waals surface area contributed by atoms with Crippen LogP contribution in [0.3, 0.4) is 0 Å². The van der Waals surface area contributed by atoms with Crippen LogP contribution in [0.2, 0.25) is 0 Å². The largest absolute Gasteiger partial charge is 0.433 e. The Kier molecular flexibility index (Phi) is 6.30. The molecule has 0 radical (unpaired) electrons. The molecule has 2 heterocycles. The number of piperidine rings is 1. The van der Waals surface area contributed by atoms with E-state index in [4.69, 9.17) is 0 Å². The van der Waals surface area contributed by atoms with Crippen LogP contribution in [0.4, 0.5) is 13.2 Å². The predicted octanol–water partition coefficient (Wildman–Crippen LogP) is 3.18. The first-order valence-corrected chi connectivity index (χ1v) is 8.10. The van der Waals surface area contributed by atoms with Crippen LogP contribution in [-0.4, -0.2) is 34.3 Å². The maximum absolute atomic E-state index is 13.0. The second-order valence-corrected chi connectivity index (χ2v) is 6.23. The van der Waals surface area contributed by atoms with Crippen LogP contribution in [0, 0.1) is 0 Å². The maximum atomic E-state index is 13.0. The molecule has 1 amide bonds. The van der Waals surface area contributed by atoms with Gasteiger partial charge in [0.15, 0.2) is 0 Å². The maximum Gasteiger partial charge on any atom is 0.433 e. The molecule has 0 saturated carbocycles. The molecule has 0 spiro atoms. The third-order valence-corrected chi connectivity index (χ3v) is 4.24. The normalized spacial score (nSPS) is 20.3. The molecule has 2 unspecified atom stereocenters. The summed E-state index contributed by atoms with van der Waals surface area (Å²) in [5.74, 6) is -0.290. The summed E-state index contributed by atoms with van der Waals surface area (Å²) in [5, 5.41) is 9.99. The van der Waals surface area contributed by atoms with E-state index in [0.717, 1.165) is 36.3 Å². The first-order chi connectivity index (χ1) is 11.8. The van der Waals surface area contributed by atoms with Crippen LogP contribution in [0.25, 0.3) is 5.69 Å². The van der Waals surface area contributed by atoms with Gasteiger partial charge in [0.2, 0.25) is 0 Å². The monoisotopic (exact) mass is 388 g/mol. The number of hydrogen-bond donors (Lipinski definition) is 2. The molecular weight excluding hydrogens is 369 g/mol. The lowest BCUT2D eigenvalue weighted by molar-refractivity contribution is -0.142. The highest BCUT2D eigenvalue weighted by Gasteiger charge is 2.35. The number of aromatic nitrogens is 2. The highest BCUT2D eigenvalue weighted by atomic mass is 35.5. The van der Waals surface area contributed by atoms with Gasteiger partial charge in [-0.05, 0) is 50.6 Å². The fraction of sp³-hybridized carbons (Fsp3) is 0.412.